The molecule has 2 aromatic rings. The number of halogens is 1. The monoisotopic (exact) mass is 414 g/mol. The zero-order valence-corrected chi connectivity index (χ0v) is 19.1. The Morgan fingerprint density at radius 3 is 1.79 bits per heavy atom. The third kappa shape index (κ3) is 5.03. The number of esters is 1. The van der Waals surface area contributed by atoms with Crippen molar-refractivity contribution in [3.63, 3.8) is 0 Å². The van der Waals surface area contributed by atoms with E-state index in [1.807, 2.05) is 50.2 Å². The average molecular weight is 415 g/mol. The molecule has 3 nitrogen and oxygen atoms in total. The molecule has 0 unspecified atom stereocenters. The van der Waals surface area contributed by atoms with E-state index < -0.39 is 20.1 Å². The Bertz CT molecular complexity index is 789. The van der Waals surface area contributed by atoms with E-state index in [1.54, 1.807) is 0 Å². The summed E-state index contributed by atoms with van der Waals surface area (Å²) >= 11 is 0. The molecule has 2 atom stereocenters. The lowest BCUT2D eigenvalue weighted by molar-refractivity contribution is -0.137. The van der Waals surface area contributed by atoms with Crippen molar-refractivity contribution in [3.05, 3.63) is 72.6 Å². The first-order valence-corrected chi connectivity index (χ1v) is 11.8. The van der Waals surface area contributed by atoms with Gasteiger partial charge in [0, 0.05) is 12.0 Å². The number of rotatable bonds is 7. The molecule has 0 bridgehead atoms. The molecule has 0 aliphatic carbocycles. The first-order valence-electron chi connectivity index (χ1n) is 9.88. The maximum absolute atomic E-state index is 14.1. The highest BCUT2D eigenvalue weighted by Gasteiger charge is 2.51. The van der Waals surface area contributed by atoms with Gasteiger partial charge in [0.05, 0.1) is 7.11 Å². The van der Waals surface area contributed by atoms with Gasteiger partial charge in [0.15, 0.2) is 0 Å². The van der Waals surface area contributed by atoms with Gasteiger partial charge in [0.2, 0.25) is 5.83 Å². The summed E-state index contributed by atoms with van der Waals surface area (Å²) in [5, 5.41) is 2.15. The second-order valence-corrected chi connectivity index (χ2v) is 12.6. The first kappa shape index (κ1) is 23.0. The number of methoxy groups -OCH3 is 1. The van der Waals surface area contributed by atoms with Crippen LogP contribution in [0.4, 0.5) is 4.39 Å². The lowest BCUT2D eigenvalue weighted by Gasteiger charge is -2.45. The number of carbonyl (C=O) groups excluding carboxylic acids is 1. The SMILES string of the molecule is COC(=O)/C(F)=C\[C@@H](C)[C@H](C)O[Si](c1ccccc1)(c1ccccc1)C(C)(C)C. The summed E-state index contributed by atoms with van der Waals surface area (Å²) in [5.41, 5.74) is 0. The summed E-state index contributed by atoms with van der Waals surface area (Å²) < 4.78 is 25.5. The van der Waals surface area contributed by atoms with Gasteiger partial charge in [-0.2, -0.15) is 4.39 Å². The van der Waals surface area contributed by atoms with E-state index in [0.717, 1.165) is 10.4 Å². The fourth-order valence-electron chi connectivity index (χ4n) is 3.61. The van der Waals surface area contributed by atoms with Crippen LogP contribution in [0.2, 0.25) is 5.04 Å². The Kier molecular flexibility index (Phi) is 7.55. The van der Waals surface area contributed by atoms with Crippen molar-refractivity contribution in [2.45, 2.75) is 45.8 Å². The fraction of sp³-hybridized carbons (Fsp3) is 0.375. The lowest BCUT2D eigenvalue weighted by atomic mass is 10.1. The summed E-state index contributed by atoms with van der Waals surface area (Å²) in [7, 11) is -1.56. The highest BCUT2D eigenvalue weighted by atomic mass is 28.4. The van der Waals surface area contributed by atoms with Crippen molar-refractivity contribution < 1.29 is 18.3 Å². The third-order valence-electron chi connectivity index (χ3n) is 5.31. The molecule has 0 aromatic heterocycles. The molecule has 5 heteroatoms. The average Bonchev–Trinajstić information content (AvgIpc) is 2.71. The Hall–Kier alpha value is -2.24. The van der Waals surface area contributed by atoms with Gasteiger partial charge in [-0.15, -0.1) is 0 Å². The summed E-state index contributed by atoms with van der Waals surface area (Å²) in [4.78, 5) is 11.5. The molecule has 0 N–H and O–H groups in total. The van der Waals surface area contributed by atoms with Crippen LogP contribution in [-0.4, -0.2) is 27.5 Å². The van der Waals surface area contributed by atoms with Gasteiger partial charge in [0.25, 0.3) is 8.32 Å². The number of ether oxygens (including phenoxy) is 1. The molecule has 0 heterocycles. The Morgan fingerprint density at radius 1 is 0.966 bits per heavy atom. The van der Waals surface area contributed by atoms with Crippen LogP contribution in [0.5, 0.6) is 0 Å². The minimum atomic E-state index is -2.73. The number of hydrogen-bond donors (Lipinski definition) is 0. The number of benzene rings is 2. The molecule has 0 saturated carbocycles. The summed E-state index contributed by atoms with van der Waals surface area (Å²) in [6.07, 6.45) is 0.977. The van der Waals surface area contributed by atoms with Gasteiger partial charge in [-0.1, -0.05) is 88.4 Å². The highest BCUT2D eigenvalue weighted by Crippen LogP contribution is 2.38. The summed E-state index contributed by atoms with van der Waals surface area (Å²) in [6, 6.07) is 20.6. The number of carbonyl (C=O) groups is 1. The second-order valence-electron chi connectivity index (χ2n) is 8.35. The predicted molar refractivity (Wildman–Crippen MR) is 119 cm³/mol. The number of hydrogen-bond acceptors (Lipinski definition) is 3. The first-order chi connectivity index (χ1) is 13.6. The van der Waals surface area contributed by atoms with Crippen LogP contribution in [0.3, 0.4) is 0 Å². The smallest absolute Gasteiger partial charge is 0.366 e. The van der Waals surface area contributed by atoms with Gasteiger partial charge >= 0.3 is 5.97 Å². The third-order valence-corrected chi connectivity index (χ3v) is 10.4. The van der Waals surface area contributed by atoms with Crippen LogP contribution in [0.25, 0.3) is 0 Å². The fourth-order valence-corrected chi connectivity index (χ4v) is 8.40. The standard InChI is InChI=1S/C24H31FO3Si/c1-18(17-22(25)23(26)27-6)19(2)28-29(24(3,4)5,20-13-9-7-10-14-20)21-15-11-8-12-16-21/h7-19H,1-6H3/b22-17+/t18-,19+/m1/s1. The van der Waals surface area contributed by atoms with Crippen LogP contribution in [-0.2, 0) is 14.0 Å². The summed E-state index contributed by atoms with van der Waals surface area (Å²) in [6.45, 7) is 10.4. The molecular formula is C24H31FO3Si. The molecule has 0 saturated heterocycles. The molecule has 0 fully saturated rings. The molecule has 0 spiro atoms. The minimum absolute atomic E-state index is 0.172. The highest BCUT2D eigenvalue weighted by molar-refractivity contribution is 6.99. The lowest BCUT2D eigenvalue weighted by Crippen LogP contribution is -2.67. The predicted octanol–water partition coefficient (Wildman–Crippen LogP) is 4.61. The van der Waals surface area contributed by atoms with Crippen LogP contribution in [0.15, 0.2) is 72.6 Å². The van der Waals surface area contributed by atoms with Crippen molar-refractivity contribution in [2.24, 2.45) is 5.92 Å². The van der Waals surface area contributed by atoms with E-state index in [9.17, 15) is 9.18 Å². The zero-order chi connectivity index (χ0) is 21.7. The summed E-state index contributed by atoms with van der Waals surface area (Å²) in [5.74, 6) is -2.16. The van der Waals surface area contributed by atoms with Gasteiger partial charge < -0.3 is 9.16 Å². The molecular weight excluding hydrogens is 383 g/mol. The Morgan fingerprint density at radius 2 is 1.41 bits per heavy atom. The van der Waals surface area contributed by atoms with Gasteiger partial charge in [0.1, 0.15) is 0 Å². The van der Waals surface area contributed by atoms with Crippen LogP contribution in [0.1, 0.15) is 34.6 Å². The van der Waals surface area contributed by atoms with E-state index in [1.165, 1.54) is 13.2 Å². The Labute approximate surface area is 174 Å². The largest absolute Gasteiger partial charge is 0.464 e. The van der Waals surface area contributed by atoms with Crippen molar-refractivity contribution in [3.8, 4) is 0 Å². The van der Waals surface area contributed by atoms with E-state index >= 15 is 0 Å². The zero-order valence-electron chi connectivity index (χ0n) is 18.1. The second kappa shape index (κ2) is 9.50. The van der Waals surface area contributed by atoms with E-state index in [-0.39, 0.29) is 17.1 Å². The van der Waals surface area contributed by atoms with Crippen molar-refractivity contribution in [2.75, 3.05) is 7.11 Å². The van der Waals surface area contributed by atoms with Crippen LogP contribution in [0, 0.1) is 5.92 Å². The van der Waals surface area contributed by atoms with E-state index in [2.05, 4.69) is 49.8 Å². The van der Waals surface area contributed by atoms with E-state index in [4.69, 9.17) is 4.43 Å². The van der Waals surface area contributed by atoms with Crippen LogP contribution < -0.4 is 10.4 Å². The van der Waals surface area contributed by atoms with Crippen molar-refractivity contribution in [1.29, 1.82) is 0 Å². The molecule has 0 radical (unpaired) electrons. The van der Waals surface area contributed by atoms with Crippen LogP contribution >= 0.6 is 0 Å². The minimum Gasteiger partial charge on any atom is -0.464 e. The van der Waals surface area contributed by atoms with Gasteiger partial charge in [-0.05, 0) is 28.4 Å². The van der Waals surface area contributed by atoms with Gasteiger partial charge in [-0.3, -0.25) is 0 Å². The normalized spacial score (nSPS) is 14.9. The van der Waals surface area contributed by atoms with Crippen molar-refractivity contribution in [1.82, 2.24) is 0 Å². The molecule has 0 aliphatic heterocycles. The molecule has 0 aliphatic rings. The molecule has 29 heavy (non-hydrogen) atoms. The van der Waals surface area contributed by atoms with Crippen molar-refractivity contribution >= 4 is 24.7 Å². The molecule has 2 aromatic carbocycles. The maximum Gasteiger partial charge on any atom is 0.366 e. The Balaban J connectivity index is 2.55. The quantitative estimate of drug-likeness (QED) is 0.377. The maximum atomic E-state index is 14.1. The topological polar surface area (TPSA) is 35.5 Å². The molecule has 156 valence electrons. The van der Waals surface area contributed by atoms with E-state index in [0.29, 0.717) is 0 Å². The molecule has 0 amide bonds. The molecule has 2 rings (SSSR count). The van der Waals surface area contributed by atoms with Gasteiger partial charge in [-0.25, -0.2) is 4.79 Å².